The fourth-order valence-electron chi connectivity index (χ4n) is 3.91. The molecule has 3 unspecified atom stereocenters. The summed E-state index contributed by atoms with van der Waals surface area (Å²) in [4.78, 5) is 36.4. The van der Waals surface area contributed by atoms with Crippen LogP contribution in [0.15, 0.2) is 48.5 Å². The van der Waals surface area contributed by atoms with Gasteiger partial charge in [-0.15, -0.1) is 0 Å². The van der Waals surface area contributed by atoms with E-state index in [1.165, 1.54) is 7.11 Å². The number of carboxylic acids is 1. The molecule has 1 aliphatic rings. The summed E-state index contributed by atoms with van der Waals surface area (Å²) >= 11 is 0. The lowest BCUT2D eigenvalue weighted by Gasteiger charge is -2.23. The standard InChI is InChI=1S/C24H28N2O6/c1-4-20(22(27)26-21(23(28)29)14(2)31-3)25-24(30)32-13-19-17-11-7-5-9-15(17)16-10-6-8-12-18(16)19/h5-12,14,19-21H,4,13H2,1-3H3,(H,25,30)(H,26,27)(H,28,29). The second-order valence-corrected chi connectivity index (χ2v) is 7.70. The van der Waals surface area contributed by atoms with E-state index >= 15 is 0 Å². The molecule has 1 aliphatic carbocycles. The summed E-state index contributed by atoms with van der Waals surface area (Å²) in [6.07, 6.45) is -1.20. The number of alkyl carbamates (subject to hydrolysis) is 1. The van der Waals surface area contributed by atoms with E-state index in [0.29, 0.717) is 0 Å². The zero-order valence-corrected chi connectivity index (χ0v) is 18.3. The molecule has 0 radical (unpaired) electrons. The van der Waals surface area contributed by atoms with Crippen LogP contribution in [-0.4, -0.2) is 55.0 Å². The highest BCUT2D eigenvalue weighted by Crippen LogP contribution is 2.44. The lowest BCUT2D eigenvalue weighted by atomic mass is 9.98. The quantitative estimate of drug-likeness (QED) is 0.553. The van der Waals surface area contributed by atoms with Gasteiger partial charge in [-0.05, 0) is 35.6 Å². The molecule has 0 saturated heterocycles. The largest absolute Gasteiger partial charge is 0.480 e. The molecule has 0 aromatic heterocycles. The molecule has 0 heterocycles. The summed E-state index contributed by atoms with van der Waals surface area (Å²) in [6, 6.07) is 13.8. The van der Waals surface area contributed by atoms with E-state index < -0.39 is 36.2 Å². The number of ether oxygens (including phenoxy) is 2. The molecule has 3 atom stereocenters. The monoisotopic (exact) mass is 440 g/mol. The first-order valence-electron chi connectivity index (χ1n) is 10.5. The minimum absolute atomic E-state index is 0.0963. The van der Waals surface area contributed by atoms with E-state index in [9.17, 15) is 19.5 Å². The van der Waals surface area contributed by atoms with Crippen molar-refractivity contribution < 1.29 is 29.0 Å². The maximum Gasteiger partial charge on any atom is 0.407 e. The third-order valence-corrected chi connectivity index (χ3v) is 5.77. The Morgan fingerprint density at radius 2 is 1.56 bits per heavy atom. The van der Waals surface area contributed by atoms with Gasteiger partial charge in [-0.3, -0.25) is 4.79 Å². The number of benzene rings is 2. The minimum atomic E-state index is -1.23. The molecule has 8 nitrogen and oxygen atoms in total. The number of nitrogens with one attached hydrogen (secondary N) is 2. The van der Waals surface area contributed by atoms with E-state index in [-0.39, 0.29) is 18.9 Å². The normalized spacial score (nSPS) is 15.1. The van der Waals surface area contributed by atoms with Crippen molar-refractivity contribution in [3.8, 4) is 11.1 Å². The fourth-order valence-corrected chi connectivity index (χ4v) is 3.91. The lowest BCUT2D eigenvalue weighted by Crippen LogP contribution is -2.55. The first kappa shape index (κ1) is 23.3. The van der Waals surface area contributed by atoms with Gasteiger partial charge in [0.15, 0.2) is 6.04 Å². The van der Waals surface area contributed by atoms with E-state index in [1.54, 1.807) is 13.8 Å². The molecule has 0 fully saturated rings. The Morgan fingerprint density at radius 1 is 1.00 bits per heavy atom. The zero-order valence-electron chi connectivity index (χ0n) is 18.3. The Balaban J connectivity index is 1.63. The zero-order chi connectivity index (χ0) is 23.3. The third-order valence-electron chi connectivity index (χ3n) is 5.77. The number of carbonyl (C=O) groups excluding carboxylic acids is 2. The summed E-state index contributed by atoms with van der Waals surface area (Å²) in [5, 5.41) is 14.3. The third kappa shape index (κ3) is 4.91. The SMILES string of the molecule is CCC(NC(=O)OCC1c2ccccc2-c2ccccc21)C(=O)NC(C(=O)O)C(C)OC. The van der Waals surface area contributed by atoms with Gasteiger partial charge in [-0.25, -0.2) is 9.59 Å². The van der Waals surface area contributed by atoms with Crippen LogP contribution in [0.5, 0.6) is 0 Å². The van der Waals surface area contributed by atoms with E-state index in [0.717, 1.165) is 22.3 Å². The van der Waals surface area contributed by atoms with Gasteiger partial charge < -0.3 is 25.2 Å². The van der Waals surface area contributed by atoms with Gasteiger partial charge in [-0.2, -0.15) is 0 Å². The molecule has 8 heteroatoms. The van der Waals surface area contributed by atoms with Crippen molar-refractivity contribution in [3.63, 3.8) is 0 Å². The van der Waals surface area contributed by atoms with Crippen molar-refractivity contribution >= 4 is 18.0 Å². The van der Waals surface area contributed by atoms with Crippen molar-refractivity contribution in [2.24, 2.45) is 0 Å². The maximum absolute atomic E-state index is 12.5. The van der Waals surface area contributed by atoms with Gasteiger partial charge in [0.2, 0.25) is 5.91 Å². The number of rotatable bonds is 9. The summed E-state index contributed by atoms with van der Waals surface area (Å²) in [6.45, 7) is 3.37. The molecular formula is C24H28N2O6. The number of carbonyl (C=O) groups is 3. The van der Waals surface area contributed by atoms with Crippen LogP contribution in [0.3, 0.4) is 0 Å². The first-order valence-corrected chi connectivity index (χ1v) is 10.5. The lowest BCUT2D eigenvalue weighted by molar-refractivity contribution is -0.145. The number of aliphatic carboxylic acids is 1. The van der Waals surface area contributed by atoms with Crippen LogP contribution in [0.4, 0.5) is 4.79 Å². The Kier molecular flexibility index (Phi) is 7.48. The Hall–Kier alpha value is -3.39. The summed E-state index contributed by atoms with van der Waals surface area (Å²) in [5.74, 6) is -1.93. The van der Waals surface area contributed by atoms with Crippen LogP contribution in [0, 0.1) is 0 Å². The molecule has 2 aromatic carbocycles. The van der Waals surface area contributed by atoms with Gasteiger partial charge in [0.1, 0.15) is 12.6 Å². The Morgan fingerprint density at radius 3 is 2.06 bits per heavy atom. The molecule has 3 rings (SSSR count). The van der Waals surface area contributed by atoms with E-state index in [4.69, 9.17) is 9.47 Å². The summed E-state index contributed by atoms with van der Waals surface area (Å²) in [7, 11) is 1.36. The van der Waals surface area contributed by atoms with Crippen LogP contribution in [0.2, 0.25) is 0 Å². The Labute approximate surface area is 186 Å². The molecule has 2 amide bonds. The van der Waals surface area contributed by atoms with Gasteiger partial charge in [-0.1, -0.05) is 55.5 Å². The first-order chi connectivity index (χ1) is 15.4. The van der Waals surface area contributed by atoms with Gasteiger partial charge in [0.05, 0.1) is 6.10 Å². The van der Waals surface area contributed by atoms with Crippen molar-refractivity contribution in [2.45, 2.75) is 44.4 Å². The molecule has 0 bridgehead atoms. The molecule has 3 N–H and O–H groups in total. The minimum Gasteiger partial charge on any atom is -0.480 e. The van der Waals surface area contributed by atoms with Gasteiger partial charge in [0, 0.05) is 13.0 Å². The number of fused-ring (bicyclic) bond motifs is 3. The average Bonchev–Trinajstić information content (AvgIpc) is 3.12. The number of carboxylic acid groups (broad SMARTS) is 1. The van der Waals surface area contributed by atoms with Crippen LogP contribution in [0.25, 0.3) is 11.1 Å². The van der Waals surface area contributed by atoms with Crippen molar-refractivity contribution in [1.29, 1.82) is 0 Å². The van der Waals surface area contributed by atoms with Crippen LogP contribution >= 0.6 is 0 Å². The molecular weight excluding hydrogens is 412 g/mol. The van der Waals surface area contributed by atoms with Crippen LogP contribution in [-0.2, 0) is 19.1 Å². The van der Waals surface area contributed by atoms with Crippen LogP contribution < -0.4 is 10.6 Å². The predicted molar refractivity (Wildman–Crippen MR) is 118 cm³/mol. The summed E-state index contributed by atoms with van der Waals surface area (Å²) in [5.41, 5.74) is 4.41. The average molecular weight is 440 g/mol. The number of hydrogen-bond acceptors (Lipinski definition) is 5. The number of methoxy groups -OCH3 is 1. The van der Waals surface area contributed by atoms with Gasteiger partial charge in [0.25, 0.3) is 0 Å². The van der Waals surface area contributed by atoms with Crippen LogP contribution in [0.1, 0.15) is 37.3 Å². The molecule has 32 heavy (non-hydrogen) atoms. The number of amides is 2. The van der Waals surface area contributed by atoms with E-state index in [1.807, 2.05) is 48.5 Å². The molecule has 0 spiro atoms. The van der Waals surface area contributed by atoms with Crippen molar-refractivity contribution in [1.82, 2.24) is 10.6 Å². The molecule has 2 aromatic rings. The fraction of sp³-hybridized carbons (Fsp3) is 0.375. The summed E-state index contributed by atoms with van der Waals surface area (Å²) < 4.78 is 10.5. The highest BCUT2D eigenvalue weighted by molar-refractivity contribution is 5.89. The molecule has 0 saturated carbocycles. The smallest absolute Gasteiger partial charge is 0.407 e. The topological polar surface area (TPSA) is 114 Å². The second-order valence-electron chi connectivity index (χ2n) is 7.70. The molecule has 170 valence electrons. The van der Waals surface area contributed by atoms with Gasteiger partial charge >= 0.3 is 12.1 Å². The highest BCUT2D eigenvalue weighted by atomic mass is 16.5. The number of hydrogen-bond donors (Lipinski definition) is 3. The highest BCUT2D eigenvalue weighted by Gasteiger charge is 2.31. The molecule has 0 aliphatic heterocycles. The Bertz CT molecular complexity index is 946. The van der Waals surface area contributed by atoms with Crippen molar-refractivity contribution in [3.05, 3.63) is 59.7 Å². The van der Waals surface area contributed by atoms with E-state index in [2.05, 4.69) is 10.6 Å². The predicted octanol–water partition coefficient (Wildman–Crippen LogP) is 2.91. The maximum atomic E-state index is 12.5. The van der Waals surface area contributed by atoms with Crippen molar-refractivity contribution in [2.75, 3.05) is 13.7 Å². The second kappa shape index (κ2) is 10.3.